The molecule has 0 atom stereocenters. The van der Waals surface area contributed by atoms with E-state index in [1.165, 1.54) is 21.9 Å². The molecule has 5 heteroatoms. The lowest BCUT2D eigenvalue weighted by Gasteiger charge is -2.14. The number of hydrogen-bond donors (Lipinski definition) is 0. The summed E-state index contributed by atoms with van der Waals surface area (Å²) in [5, 5.41) is 4.50. The summed E-state index contributed by atoms with van der Waals surface area (Å²) in [5.74, 6) is 0.665. The summed E-state index contributed by atoms with van der Waals surface area (Å²) in [6.45, 7) is 0. The number of pyridine rings is 2. The molecule has 63 heavy (non-hydrogen) atoms. The molecular formula is C58H37N5. The van der Waals surface area contributed by atoms with Gasteiger partial charge in [-0.25, -0.2) is 15.0 Å². The molecule has 0 aliphatic heterocycles. The van der Waals surface area contributed by atoms with Crippen molar-refractivity contribution in [2.75, 3.05) is 0 Å². The Morgan fingerprint density at radius 2 is 0.873 bits per heavy atom. The van der Waals surface area contributed by atoms with Crippen LogP contribution in [0.2, 0.25) is 0 Å². The third kappa shape index (κ3) is 6.60. The number of nitrogens with zero attached hydrogens (tertiary/aromatic N) is 5. The molecule has 4 aromatic heterocycles. The Labute approximate surface area is 364 Å². The summed E-state index contributed by atoms with van der Waals surface area (Å²) in [6, 6.07) is 76.9. The fraction of sp³-hybridized carbons (Fsp3) is 0. The van der Waals surface area contributed by atoms with Gasteiger partial charge in [0.15, 0.2) is 5.82 Å². The van der Waals surface area contributed by atoms with Gasteiger partial charge < -0.3 is 4.57 Å². The average Bonchev–Trinajstić information content (AvgIpc) is 3.70. The highest BCUT2D eigenvalue weighted by molar-refractivity contribution is 6.10. The van der Waals surface area contributed by atoms with Crippen LogP contribution in [0.1, 0.15) is 0 Å². The van der Waals surface area contributed by atoms with Gasteiger partial charge in [-0.3, -0.25) is 4.98 Å². The molecule has 294 valence electrons. The van der Waals surface area contributed by atoms with Crippen molar-refractivity contribution in [3.05, 3.63) is 225 Å². The molecule has 0 aliphatic rings. The van der Waals surface area contributed by atoms with E-state index in [2.05, 4.69) is 193 Å². The van der Waals surface area contributed by atoms with Gasteiger partial charge in [-0.05, 0) is 89.0 Å². The van der Waals surface area contributed by atoms with Crippen LogP contribution in [0, 0.1) is 0 Å². The third-order valence-electron chi connectivity index (χ3n) is 12.0. The molecule has 0 radical (unpaired) electrons. The second kappa shape index (κ2) is 15.2. The molecule has 0 amide bonds. The normalized spacial score (nSPS) is 11.5. The van der Waals surface area contributed by atoms with Gasteiger partial charge in [0.05, 0.1) is 39.1 Å². The first-order chi connectivity index (χ1) is 31.2. The highest BCUT2D eigenvalue weighted by atomic mass is 15.0. The molecule has 0 saturated heterocycles. The van der Waals surface area contributed by atoms with Crippen molar-refractivity contribution >= 4 is 43.6 Å². The van der Waals surface area contributed by atoms with Crippen LogP contribution < -0.4 is 0 Å². The van der Waals surface area contributed by atoms with Gasteiger partial charge in [-0.1, -0.05) is 152 Å². The maximum absolute atomic E-state index is 5.34. The van der Waals surface area contributed by atoms with E-state index in [1.54, 1.807) is 0 Å². The van der Waals surface area contributed by atoms with Crippen LogP contribution in [0.5, 0.6) is 0 Å². The quantitative estimate of drug-likeness (QED) is 0.151. The fourth-order valence-corrected chi connectivity index (χ4v) is 8.91. The molecular weight excluding hydrogens is 767 g/mol. The standard InChI is InChI=1S/C58H37N5/c1-4-13-38(14-5-1)39-22-24-40(25-23-39)52-37-53(62-58(61-52)43-15-6-2-7-16-43)47-34-45(33-46(35-47)51-30-28-42-27-26-41-17-12-32-59-56(41)57(42)60-51)44-29-31-55-50(36-44)49-20-10-11-21-54(49)63(55)48-18-8-3-9-19-48/h1-37H. The Balaban J connectivity index is 1.07. The lowest BCUT2D eigenvalue weighted by Crippen LogP contribution is -1.97. The molecule has 0 bridgehead atoms. The van der Waals surface area contributed by atoms with Crippen LogP contribution in [0.4, 0.5) is 0 Å². The molecule has 12 rings (SSSR count). The number of fused-ring (bicyclic) bond motifs is 6. The zero-order chi connectivity index (χ0) is 41.7. The summed E-state index contributed by atoms with van der Waals surface area (Å²) >= 11 is 0. The van der Waals surface area contributed by atoms with Crippen molar-refractivity contribution in [1.82, 2.24) is 24.5 Å². The maximum atomic E-state index is 5.34. The Hall–Kier alpha value is -8.54. The Bertz CT molecular complexity index is 3650. The van der Waals surface area contributed by atoms with E-state index < -0.39 is 0 Å². The second-order valence-electron chi connectivity index (χ2n) is 15.9. The molecule has 5 nitrogen and oxygen atoms in total. The molecule has 0 N–H and O–H groups in total. The number of para-hydroxylation sites is 2. The summed E-state index contributed by atoms with van der Waals surface area (Å²) in [6.07, 6.45) is 1.84. The number of rotatable bonds is 7. The van der Waals surface area contributed by atoms with Crippen molar-refractivity contribution in [3.63, 3.8) is 0 Å². The lowest BCUT2D eigenvalue weighted by molar-refractivity contribution is 1.18. The molecule has 12 aromatic rings. The minimum atomic E-state index is 0.665. The maximum Gasteiger partial charge on any atom is 0.160 e. The van der Waals surface area contributed by atoms with Crippen LogP contribution in [-0.2, 0) is 0 Å². The van der Waals surface area contributed by atoms with E-state index in [-0.39, 0.29) is 0 Å². The van der Waals surface area contributed by atoms with E-state index in [1.807, 2.05) is 36.5 Å². The zero-order valence-corrected chi connectivity index (χ0v) is 34.1. The number of hydrogen-bond acceptors (Lipinski definition) is 4. The van der Waals surface area contributed by atoms with Crippen LogP contribution in [0.3, 0.4) is 0 Å². The Kier molecular flexibility index (Phi) is 8.75. The van der Waals surface area contributed by atoms with Crippen molar-refractivity contribution in [1.29, 1.82) is 0 Å². The van der Waals surface area contributed by atoms with Crippen molar-refractivity contribution in [3.8, 4) is 73.1 Å². The van der Waals surface area contributed by atoms with E-state index in [9.17, 15) is 0 Å². The Morgan fingerprint density at radius 3 is 1.65 bits per heavy atom. The average molecular weight is 804 g/mol. The van der Waals surface area contributed by atoms with E-state index in [0.717, 1.165) is 89.0 Å². The smallest absolute Gasteiger partial charge is 0.160 e. The van der Waals surface area contributed by atoms with E-state index in [0.29, 0.717) is 5.82 Å². The molecule has 0 unspecified atom stereocenters. The van der Waals surface area contributed by atoms with Gasteiger partial charge in [-0.2, -0.15) is 0 Å². The first-order valence-corrected chi connectivity index (χ1v) is 21.2. The summed E-state index contributed by atoms with van der Waals surface area (Å²) < 4.78 is 2.35. The fourth-order valence-electron chi connectivity index (χ4n) is 8.91. The van der Waals surface area contributed by atoms with Gasteiger partial charge in [0.1, 0.15) is 0 Å². The predicted octanol–water partition coefficient (Wildman–Crippen LogP) is 14.7. The molecule has 0 fully saturated rings. The van der Waals surface area contributed by atoms with Crippen molar-refractivity contribution in [2.24, 2.45) is 0 Å². The van der Waals surface area contributed by atoms with Crippen LogP contribution >= 0.6 is 0 Å². The molecule has 8 aromatic carbocycles. The van der Waals surface area contributed by atoms with Crippen LogP contribution in [0.25, 0.3) is 117 Å². The molecule has 0 saturated carbocycles. The number of benzene rings is 8. The Morgan fingerprint density at radius 1 is 0.302 bits per heavy atom. The third-order valence-corrected chi connectivity index (χ3v) is 12.0. The highest BCUT2D eigenvalue weighted by Gasteiger charge is 2.17. The zero-order valence-electron chi connectivity index (χ0n) is 34.1. The second-order valence-corrected chi connectivity index (χ2v) is 15.9. The summed E-state index contributed by atoms with van der Waals surface area (Å²) in [7, 11) is 0. The lowest BCUT2D eigenvalue weighted by atomic mass is 9.95. The minimum absolute atomic E-state index is 0.665. The monoisotopic (exact) mass is 803 g/mol. The number of aromatic nitrogens is 5. The molecule has 0 aliphatic carbocycles. The SMILES string of the molecule is c1ccc(-c2ccc(-c3cc(-c4cc(-c5ccc6c(c5)c5ccccc5n6-c5ccccc5)cc(-c5ccc6ccc7cccnc7c6n5)c4)nc(-c4ccccc4)n3)cc2)cc1. The first-order valence-electron chi connectivity index (χ1n) is 21.2. The van der Waals surface area contributed by atoms with Gasteiger partial charge >= 0.3 is 0 Å². The van der Waals surface area contributed by atoms with Gasteiger partial charge in [0.25, 0.3) is 0 Å². The van der Waals surface area contributed by atoms with Crippen LogP contribution in [-0.4, -0.2) is 24.5 Å². The summed E-state index contributed by atoms with van der Waals surface area (Å²) in [5.41, 5.74) is 16.2. The highest BCUT2D eigenvalue weighted by Crippen LogP contribution is 2.39. The van der Waals surface area contributed by atoms with Crippen molar-refractivity contribution < 1.29 is 0 Å². The van der Waals surface area contributed by atoms with Gasteiger partial charge in [0, 0.05) is 55.7 Å². The van der Waals surface area contributed by atoms with Gasteiger partial charge in [0.2, 0.25) is 0 Å². The topological polar surface area (TPSA) is 56.5 Å². The first kappa shape index (κ1) is 36.3. The minimum Gasteiger partial charge on any atom is -0.309 e. The van der Waals surface area contributed by atoms with Crippen LogP contribution in [0.15, 0.2) is 225 Å². The van der Waals surface area contributed by atoms with E-state index >= 15 is 0 Å². The largest absolute Gasteiger partial charge is 0.309 e. The molecule has 4 heterocycles. The van der Waals surface area contributed by atoms with Crippen molar-refractivity contribution in [2.45, 2.75) is 0 Å². The van der Waals surface area contributed by atoms with E-state index in [4.69, 9.17) is 19.9 Å². The predicted molar refractivity (Wildman–Crippen MR) is 260 cm³/mol. The van der Waals surface area contributed by atoms with Gasteiger partial charge in [-0.15, -0.1) is 0 Å². The molecule has 0 spiro atoms. The summed E-state index contributed by atoms with van der Waals surface area (Å²) in [4.78, 5) is 20.6.